The second-order valence-electron chi connectivity index (χ2n) is 19.7. The predicted octanol–water partition coefficient (Wildman–Crippen LogP) is 11.5. The highest BCUT2D eigenvalue weighted by atomic mass is 35.5. The maximum atomic E-state index is 12.2. The molecule has 0 aromatic heterocycles. The highest BCUT2D eigenvalue weighted by Crippen LogP contribution is 2.50. The molecule has 15 nitrogen and oxygen atoms in total. The molecule has 4 aromatic carbocycles. The van der Waals surface area contributed by atoms with Crippen molar-refractivity contribution >= 4 is 65.6 Å². The average molecular weight is 1010 g/mol. The van der Waals surface area contributed by atoms with Crippen LogP contribution in [0.4, 0.5) is 26.7 Å². The van der Waals surface area contributed by atoms with Crippen molar-refractivity contribution in [3.8, 4) is 23.0 Å². The van der Waals surface area contributed by atoms with Crippen molar-refractivity contribution in [2.75, 3.05) is 40.0 Å². The molecular weight excluding hydrogens is 947 g/mol. The molecular formula is C54H64B3ClN5O10. The summed E-state index contributed by atoms with van der Waals surface area (Å²) in [6.45, 7) is 24.2. The first kappa shape index (κ1) is 59.2. The van der Waals surface area contributed by atoms with E-state index >= 15 is 0 Å². The van der Waals surface area contributed by atoms with Crippen molar-refractivity contribution < 1.29 is 42.9 Å². The molecule has 1 amide bonds. The molecule has 2 saturated carbocycles. The summed E-state index contributed by atoms with van der Waals surface area (Å²) >= 11 is 0. The number of halogens is 1. The van der Waals surface area contributed by atoms with Gasteiger partial charge in [0, 0.05) is 77.5 Å². The zero-order valence-corrected chi connectivity index (χ0v) is 43.1. The summed E-state index contributed by atoms with van der Waals surface area (Å²) in [6, 6.07) is 23.0. The van der Waals surface area contributed by atoms with Gasteiger partial charge in [-0.05, 0) is 118 Å². The molecule has 0 bridgehead atoms. The Bertz CT molecular complexity index is 2570. The number of carbonyl (C=O) groups excluding carboxylic acids is 2. The molecule has 0 unspecified atom stereocenters. The number of non-ortho nitro benzene ring substituents is 1. The summed E-state index contributed by atoms with van der Waals surface area (Å²) in [4.78, 5) is 41.4. The maximum Gasteiger partial charge on any atom is 0.513 e. The number of nitrogens with two attached hydrogens (primary N) is 1. The zero-order valence-electron chi connectivity index (χ0n) is 42.3. The molecule has 3 fully saturated rings. The summed E-state index contributed by atoms with van der Waals surface area (Å²) in [5, 5.41) is 10.3. The number of amides is 1. The molecule has 0 atom stereocenters. The summed E-state index contributed by atoms with van der Waals surface area (Å²) in [5.74, 6) is 3.18. The number of benzene rings is 4. The fraction of sp³-hybridized carbons (Fsp3) is 0.481. The van der Waals surface area contributed by atoms with Gasteiger partial charge in [-0.2, -0.15) is 0 Å². The second kappa shape index (κ2) is 26.6. The summed E-state index contributed by atoms with van der Waals surface area (Å²) in [6.07, 6.45) is 13.6. The van der Waals surface area contributed by atoms with Crippen LogP contribution in [0.25, 0.3) is 9.69 Å². The molecule has 4 aromatic rings. The molecule has 381 valence electrons. The minimum atomic E-state index is -0.862. The van der Waals surface area contributed by atoms with Gasteiger partial charge in [-0.1, -0.05) is 62.8 Å². The Hall–Kier alpha value is -6.36. The third-order valence-electron chi connectivity index (χ3n) is 14.1. The molecule has 73 heavy (non-hydrogen) atoms. The first-order valence-corrected chi connectivity index (χ1v) is 24.2. The summed E-state index contributed by atoms with van der Waals surface area (Å²) < 4.78 is 31.8. The largest absolute Gasteiger partial charge is 0.513 e. The van der Waals surface area contributed by atoms with E-state index in [1.54, 1.807) is 11.0 Å². The maximum absolute atomic E-state index is 12.2. The lowest BCUT2D eigenvalue weighted by atomic mass is 9.70. The highest BCUT2D eigenvalue weighted by Gasteiger charge is 2.45. The lowest BCUT2D eigenvalue weighted by molar-refractivity contribution is -0.384. The Labute approximate surface area is 440 Å². The Kier molecular flexibility index (Phi) is 21.5. The predicted molar refractivity (Wildman–Crippen MR) is 285 cm³/mol. The Morgan fingerprint density at radius 1 is 0.712 bits per heavy atom. The van der Waals surface area contributed by atoms with Crippen molar-refractivity contribution in [3.63, 3.8) is 0 Å². The number of piperidine rings is 1. The van der Waals surface area contributed by atoms with Gasteiger partial charge in [-0.15, -0.1) is 12.4 Å². The molecule has 4 aliphatic heterocycles. The topological polar surface area (TPSA) is 171 Å². The van der Waals surface area contributed by atoms with Crippen molar-refractivity contribution in [1.82, 2.24) is 4.90 Å². The summed E-state index contributed by atoms with van der Waals surface area (Å²) in [5.41, 5.74) is 12.1. The number of fused-ring (bicyclic) bond motifs is 6. The van der Waals surface area contributed by atoms with Crippen LogP contribution in [0.5, 0.6) is 23.0 Å². The van der Waals surface area contributed by atoms with E-state index in [4.69, 9.17) is 37.8 Å². The quantitative estimate of drug-likeness (QED) is 0.0517. The normalized spacial score (nSPS) is 17.2. The van der Waals surface area contributed by atoms with Crippen LogP contribution in [-0.2, 0) is 32.3 Å². The number of ether oxygens (including phenoxy) is 6. The van der Waals surface area contributed by atoms with E-state index in [-0.39, 0.29) is 49.2 Å². The van der Waals surface area contributed by atoms with Crippen molar-refractivity contribution in [1.29, 1.82) is 0 Å². The number of nitro groups is 1. The van der Waals surface area contributed by atoms with E-state index in [1.807, 2.05) is 51.1 Å². The third kappa shape index (κ3) is 14.5. The third-order valence-corrected chi connectivity index (χ3v) is 14.1. The molecule has 6 aliphatic rings. The van der Waals surface area contributed by atoms with Gasteiger partial charge in [0.05, 0.1) is 45.0 Å². The average Bonchev–Trinajstić information content (AvgIpc) is 4.05. The smallest absolute Gasteiger partial charge is 0.492 e. The highest BCUT2D eigenvalue weighted by molar-refractivity contribution is 6.75. The van der Waals surface area contributed by atoms with Crippen LogP contribution in [0.2, 0.25) is 0 Å². The lowest BCUT2D eigenvalue weighted by Crippen LogP contribution is -2.47. The SMILES string of the molecule is COC(=O)Oc1ccc([N+](=O)[O-])cc1.Cl.NCc1ccc2c(c1)C1(CCCCC1)CO2.[B].[B][B].[C-]#[N+]c1ccc2c(c1)C1(CCCCC1)CO2.[C-]#[N+]c1ccc2c(c1)C1(CCN(C(=O)OC(C)(C)C)CC1)CO2. The zero-order chi connectivity index (χ0) is 51.2. The van der Waals surface area contributed by atoms with Crippen molar-refractivity contribution in [3.05, 3.63) is 134 Å². The van der Waals surface area contributed by atoms with Gasteiger partial charge in [0.25, 0.3) is 5.69 Å². The number of hydrogen-bond donors (Lipinski definition) is 1. The molecule has 4 heterocycles. The van der Waals surface area contributed by atoms with Crippen LogP contribution in [0, 0.1) is 23.3 Å². The monoisotopic (exact) mass is 1010 g/mol. The minimum absolute atomic E-state index is 0. The van der Waals surface area contributed by atoms with Gasteiger partial charge in [0.1, 0.15) is 28.6 Å². The number of nitrogens with zero attached hydrogens (tertiary/aromatic N) is 4. The van der Waals surface area contributed by atoms with E-state index in [0.29, 0.717) is 37.3 Å². The number of hydrogen-bond acceptors (Lipinski definition) is 11. The fourth-order valence-electron chi connectivity index (χ4n) is 10.3. The van der Waals surface area contributed by atoms with E-state index in [2.05, 4.69) is 52.8 Å². The van der Waals surface area contributed by atoms with Gasteiger partial charge < -0.3 is 39.1 Å². The van der Waals surface area contributed by atoms with Crippen molar-refractivity contribution in [2.45, 2.75) is 126 Å². The molecule has 3 spiro atoms. The van der Waals surface area contributed by atoms with Crippen LogP contribution >= 0.6 is 12.4 Å². The van der Waals surface area contributed by atoms with Gasteiger partial charge in [-0.3, -0.25) is 10.1 Å². The van der Waals surface area contributed by atoms with E-state index in [0.717, 1.165) is 54.6 Å². The molecule has 1 saturated heterocycles. The molecule has 10 rings (SSSR count). The van der Waals surface area contributed by atoms with Gasteiger partial charge in [0.15, 0.2) is 11.4 Å². The van der Waals surface area contributed by atoms with Crippen molar-refractivity contribution in [2.24, 2.45) is 5.73 Å². The van der Waals surface area contributed by atoms with E-state index in [9.17, 15) is 19.7 Å². The first-order valence-electron chi connectivity index (χ1n) is 24.2. The molecule has 2 aliphatic carbocycles. The number of likely N-dealkylation sites (tertiary alicyclic amines) is 1. The number of rotatable bonds is 3. The number of nitro benzene ring substituents is 1. The van der Waals surface area contributed by atoms with Crippen LogP contribution in [0.1, 0.15) is 120 Å². The minimum Gasteiger partial charge on any atom is -0.492 e. The molecule has 2 N–H and O–H groups in total. The van der Waals surface area contributed by atoms with Gasteiger partial charge in [0.2, 0.25) is 0 Å². The first-order chi connectivity index (χ1) is 34.1. The lowest BCUT2D eigenvalue weighted by Gasteiger charge is -2.39. The molecule has 19 heteroatoms. The van der Waals surface area contributed by atoms with Gasteiger partial charge in [-0.25, -0.2) is 19.3 Å². The second-order valence-corrected chi connectivity index (χ2v) is 19.7. The number of carbonyl (C=O) groups is 2. The van der Waals surface area contributed by atoms with Crippen LogP contribution < -0.4 is 24.7 Å². The van der Waals surface area contributed by atoms with E-state index < -0.39 is 16.7 Å². The fourth-order valence-corrected chi connectivity index (χ4v) is 10.3. The van der Waals surface area contributed by atoms with Crippen LogP contribution in [0.3, 0.4) is 0 Å². The Balaban J connectivity index is 0.000000210. The van der Waals surface area contributed by atoms with Gasteiger partial charge >= 0.3 is 12.2 Å². The summed E-state index contributed by atoms with van der Waals surface area (Å²) in [7, 11) is 9.17. The van der Waals surface area contributed by atoms with Crippen LogP contribution in [0.15, 0.2) is 78.9 Å². The molecule has 7 radical (unpaired) electrons. The Morgan fingerprint density at radius 2 is 1.14 bits per heavy atom. The van der Waals surface area contributed by atoms with E-state index in [1.165, 1.54) is 112 Å². The Morgan fingerprint density at radius 3 is 1.53 bits per heavy atom. The number of methoxy groups -OCH3 is 1. The van der Waals surface area contributed by atoms with Crippen LogP contribution in [-0.4, -0.2) is 91.6 Å². The standard InChI is InChI=1S/C18H22N2O3.C14H15NO.C14H19NO.C8H7NO5.B2.B.ClH/c1-17(2,3)23-16(21)20-9-7-18(8-10-20)12-22-15-6-5-13(19-4)11-14(15)18;1-15-11-5-6-13-12(9-11)14(10-16-13)7-3-2-4-8-14;15-9-11-4-5-13-12(8-11)14(10-16-13)6-2-1-3-7-14;1-13-8(10)14-7-4-2-6(3-5-7)9(11)12;1-2;;/h5-6,11H,7-10,12H2,1-3H3;5-6,9H,2-4,7-8,10H2;4-5,8H,1-3,6-7,9-10,15H2;2-5H,1H3;;;1H.